The number of nitrogens with two attached hydrogens (primary N) is 1. The van der Waals surface area contributed by atoms with Gasteiger partial charge in [0.15, 0.2) is 0 Å². The van der Waals surface area contributed by atoms with Crippen molar-refractivity contribution in [3.8, 4) is 0 Å². The highest BCUT2D eigenvalue weighted by Gasteiger charge is 2.21. The normalized spacial score (nSPS) is 15.2. The van der Waals surface area contributed by atoms with Crippen LogP contribution in [0.1, 0.15) is 18.9 Å². The molecule has 0 bridgehead atoms. The lowest BCUT2D eigenvalue weighted by molar-refractivity contribution is 0.0542. The quantitative estimate of drug-likeness (QED) is 0.733. The highest BCUT2D eigenvalue weighted by atomic mass is 16.3. The SMILES string of the molecule is CC(O)(CCN)Cc1c[nH]c2ccccc12. The molecule has 1 aromatic heterocycles. The van der Waals surface area contributed by atoms with E-state index in [2.05, 4.69) is 11.1 Å². The number of H-pyrrole nitrogens is 1. The molecule has 0 aliphatic rings. The van der Waals surface area contributed by atoms with Gasteiger partial charge in [-0.15, -0.1) is 0 Å². The average molecular weight is 218 g/mol. The summed E-state index contributed by atoms with van der Waals surface area (Å²) in [4.78, 5) is 3.21. The van der Waals surface area contributed by atoms with Gasteiger partial charge >= 0.3 is 0 Å². The minimum Gasteiger partial charge on any atom is -0.390 e. The molecule has 16 heavy (non-hydrogen) atoms. The van der Waals surface area contributed by atoms with Crippen LogP contribution in [0.25, 0.3) is 10.9 Å². The number of aliphatic hydroxyl groups is 1. The van der Waals surface area contributed by atoms with Gasteiger partial charge in [0.25, 0.3) is 0 Å². The van der Waals surface area contributed by atoms with Crippen LogP contribution in [0.15, 0.2) is 30.5 Å². The number of hydrogen-bond donors (Lipinski definition) is 3. The van der Waals surface area contributed by atoms with Gasteiger partial charge in [0.1, 0.15) is 0 Å². The van der Waals surface area contributed by atoms with Crippen LogP contribution in [0.3, 0.4) is 0 Å². The Hall–Kier alpha value is -1.32. The fourth-order valence-electron chi connectivity index (χ4n) is 2.09. The second kappa shape index (κ2) is 4.28. The molecule has 1 heterocycles. The fraction of sp³-hybridized carbons (Fsp3) is 0.385. The second-order valence-corrected chi connectivity index (χ2v) is 4.57. The lowest BCUT2D eigenvalue weighted by Crippen LogP contribution is -2.30. The van der Waals surface area contributed by atoms with Crippen LogP contribution in [0.4, 0.5) is 0 Å². The van der Waals surface area contributed by atoms with Crippen molar-refractivity contribution >= 4 is 10.9 Å². The Labute approximate surface area is 95.3 Å². The molecule has 0 aliphatic heterocycles. The minimum absolute atomic E-state index is 0.509. The van der Waals surface area contributed by atoms with Gasteiger partial charge in [-0.3, -0.25) is 0 Å². The molecular formula is C13H18N2O. The van der Waals surface area contributed by atoms with Crippen LogP contribution in [-0.2, 0) is 6.42 Å². The summed E-state index contributed by atoms with van der Waals surface area (Å²) in [6.45, 7) is 2.34. The molecule has 4 N–H and O–H groups in total. The summed E-state index contributed by atoms with van der Waals surface area (Å²) in [6.07, 6.45) is 3.22. The third kappa shape index (κ3) is 2.26. The van der Waals surface area contributed by atoms with E-state index in [-0.39, 0.29) is 0 Å². The number of para-hydroxylation sites is 1. The van der Waals surface area contributed by atoms with Crippen molar-refractivity contribution in [1.82, 2.24) is 4.98 Å². The largest absolute Gasteiger partial charge is 0.390 e. The Kier molecular flexibility index (Phi) is 2.99. The molecule has 1 atom stereocenters. The topological polar surface area (TPSA) is 62.0 Å². The van der Waals surface area contributed by atoms with E-state index in [1.54, 1.807) is 0 Å². The van der Waals surface area contributed by atoms with E-state index in [4.69, 9.17) is 5.73 Å². The van der Waals surface area contributed by atoms with E-state index in [9.17, 15) is 5.11 Å². The number of rotatable bonds is 4. The molecular weight excluding hydrogens is 200 g/mol. The Balaban J connectivity index is 2.27. The molecule has 0 amide bonds. The van der Waals surface area contributed by atoms with E-state index < -0.39 is 5.60 Å². The lowest BCUT2D eigenvalue weighted by atomic mass is 9.93. The van der Waals surface area contributed by atoms with Crippen molar-refractivity contribution in [2.75, 3.05) is 6.54 Å². The summed E-state index contributed by atoms with van der Waals surface area (Å²) < 4.78 is 0. The molecule has 0 aliphatic carbocycles. The zero-order valence-electron chi connectivity index (χ0n) is 9.53. The first-order valence-corrected chi connectivity index (χ1v) is 5.60. The van der Waals surface area contributed by atoms with Crippen molar-refractivity contribution in [2.45, 2.75) is 25.4 Å². The number of aromatic nitrogens is 1. The molecule has 0 saturated heterocycles. The number of nitrogens with one attached hydrogen (secondary N) is 1. The van der Waals surface area contributed by atoms with E-state index in [0.717, 1.165) is 11.1 Å². The van der Waals surface area contributed by atoms with E-state index in [1.165, 1.54) is 5.39 Å². The molecule has 0 spiro atoms. The molecule has 2 aromatic rings. The highest BCUT2D eigenvalue weighted by Crippen LogP contribution is 2.23. The molecule has 1 unspecified atom stereocenters. The zero-order valence-corrected chi connectivity index (χ0v) is 9.53. The van der Waals surface area contributed by atoms with Gasteiger partial charge in [-0.1, -0.05) is 18.2 Å². The molecule has 0 saturated carbocycles. The van der Waals surface area contributed by atoms with Crippen LogP contribution in [0.2, 0.25) is 0 Å². The molecule has 86 valence electrons. The summed E-state index contributed by atoms with van der Waals surface area (Å²) in [5, 5.41) is 11.3. The van der Waals surface area contributed by atoms with Crippen LogP contribution >= 0.6 is 0 Å². The van der Waals surface area contributed by atoms with Crippen molar-refractivity contribution in [3.05, 3.63) is 36.0 Å². The van der Waals surface area contributed by atoms with E-state index >= 15 is 0 Å². The van der Waals surface area contributed by atoms with Gasteiger partial charge in [-0.25, -0.2) is 0 Å². The Morgan fingerprint density at radius 3 is 2.88 bits per heavy atom. The molecule has 3 heteroatoms. The molecule has 2 rings (SSSR count). The number of aromatic amines is 1. The average Bonchev–Trinajstić information content (AvgIpc) is 2.61. The van der Waals surface area contributed by atoms with E-state index in [0.29, 0.717) is 19.4 Å². The third-order valence-corrected chi connectivity index (χ3v) is 2.93. The summed E-state index contributed by atoms with van der Waals surface area (Å²) in [6, 6.07) is 8.12. The Bertz CT molecular complexity index is 473. The van der Waals surface area contributed by atoms with Crippen molar-refractivity contribution in [3.63, 3.8) is 0 Å². The van der Waals surface area contributed by atoms with Crippen LogP contribution in [0.5, 0.6) is 0 Å². The smallest absolute Gasteiger partial charge is 0.0672 e. The van der Waals surface area contributed by atoms with E-state index in [1.807, 2.05) is 31.3 Å². The first-order valence-electron chi connectivity index (χ1n) is 5.60. The number of hydrogen-bond acceptors (Lipinski definition) is 2. The number of fused-ring (bicyclic) bond motifs is 1. The standard InChI is InChI=1S/C13H18N2O/c1-13(16,6-7-14)8-10-9-15-12-5-3-2-4-11(10)12/h2-5,9,15-16H,6-8,14H2,1H3. The molecule has 0 radical (unpaired) electrons. The summed E-state index contributed by atoms with van der Waals surface area (Å²) in [7, 11) is 0. The first-order chi connectivity index (χ1) is 7.62. The van der Waals surface area contributed by atoms with Crippen LogP contribution in [0, 0.1) is 0 Å². The van der Waals surface area contributed by atoms with Crippen LogP contribution in [-0.4, -0.2) is 22.2 Å². The van der Waals surface area contributed by atoms with Gasteiger partial charge in [-0.05, 0) is 31.5 Å². The molecule has 1 aromatic carbocycles. The lowest BCUT2D eigenvalue weighted by Gasteiger charge is -2.22. The van der Waals surface area contributed by atoms with Gasteiger partial charge < -0.3 is 15.8 Å². The Morgan fingerprint density at radius 2 is 2.12 bits per heavy atom. The van der Waals surface area contributed by atoms with Crippen molar-refractivity contribution in [2.24, 2.45) is 5.73 Å². The highest BCUT2D eigenvalue weighted by molar-refractivity contribution is 5.83. The minimum atomic E-state index is -0.723. The maximum atomic E-state index is 10.2. The molecule has 3 nitrogen and oxygen atoms in total. The first kappa shape index (κ1) is 11.2. The summed E-state index contributed by atoms with van der Waals surface area (Å²) in [5.41, 5.74) is 7.03. The maximum Gasteiger partial charge on any atom is 0.0672 e. The fourth-order valence-corrected chi connectivity index (χ4v) is 2.09. The van der Waals surface area contributed by atoms with Gasteiger partial charge in [0, 0.05) is 23.5 Å². The second-order valence-electron chi connectivity index (χ2n) is 4.57. The number of benzene rings is 1. The van der Waals surface area contributed by atoms with Crippen molar-refractivity contribution < 1.29 is 5.11 Å². The van der Waals surface area contributed by atoms with Crippen molar-refractivity contribution in [1.29, 1.82) is 0 Å². The third-order valence-electron chi connectivity index (χ3n) is 2.93. The summed E-state index contributed by atoms with van der Waals surface area (Å²) in [5.74, 6) is 0. The monoisotopic (exact) mass is 218 g/mol. The molecule has 0 fully saturated rings. The predicted octanol–water partition coefficient (Wildman–Crippen LogP) is 1.81. The zero-order chi connectivity index (χ0) is 11.6. The van der Waals surface area contributed by atoms with Gasteiger partial charge in [-0.2, -0.15) is 0 Å². The maximum absolute atomic E-state index is 10.2. The Morgan fingerprint density at radius 1 is 1.38 bits per heavy atom. The summed E-state index contributed by atoms with van der Waals surface area (Å²) >= 11 is 0. The van der Waals surface area contributed by atoms with Gasteiger partial charge in [0.05, 0.1) is 5.60 Å². The van der Waals surface area contributed by atoms with Gasteiger partial charge in [0.2, 0.25) is 0 Å². The predicted molar refractivity (Wildman–Crippen MR) is 66.3 cm³/mol. The van der Waals surface area contributed by atoms with Crippen LogP contribution < -0.4 is 5.73 Å².